The van der Waals surface area contributed by atoms with Crippen LogP contribution in [0.5, 0.6) is 5.75 Å². The highest BCUT2D eigenvalue weighted by molar-refractivity contribution is 9.10. The predicted octanol–water partition coefficient (Wildman–Crippen LogP) is 3.62. The van der Waals surface area contributed by atoms with E-state index in [2.05, 4.69) is 40.8 Å². The van der Waals surface area contributed by atoms with Gasteiger partial charge in [0.25, 0.3) is 0 Å². The molecule has 0 saturated carbocycles. The number of halogens is 1. The summed E-state index contributed by atoms with van der Waals surface area (Å²) in [5.41, 5.74) is 9.19. The number of hydrogen-bond acceptors (Lipinski definition) is 4. The topological polar surface area (TPSA) is 61.0 Å². The summed E-state index contributed by atoms with van der Waals surface area (Å²) in [6.07, 6.45) is 1.81. The third kappa shape index (κ3) is 2.88. The quantitative estimate of drug-likeness (QED) is 0.920. The number of nitrogens with two attached hydrogens (primary N) is 1. The fraction of sp³-hybridized carbons (Fsp3) is 0.375. The lowest BCUT2D eigenvalue weighted by Crippen LogP contribution is -2.05. The number of ether oxygens (including phenoxy) is 1. The molecule has 1 aromatic heterocycles. The molecule has 21 heavy (non-hydrogen) atoms. The molecule has 1 aliphatic heterocycles. The van der Waals surface area contributed by atoms with Crippen molar-refractivity contribution in [2.45, 2.75) is 26.7 Å². The van der Waals surface area contributed by atoms with Crippen molar-refractivity contribution in [3.05, 3.63) is 33.9 Å². The Morgan fingerprint density at radius 3 is 2.90 bits per heavy atom. The monoisotopic (exact) mass is 347 g/mol. The summed E-state index contributed by atoms with van der Waals surface area (Å²) >= 11 is 3.50. The van der Waals surface area contributed by atoms with Crippen LogP contribution in [0.2, 0.25) is 0 Å². The van der Waals surface area contributed by atoms with Crippen molar-refractivity contribution in [3.8, 4) is 17.1 Å². The van der Waals surface area contributed by atoms with Crippen molar-refractivity contribution in [2.24, 2.45) is 5.92 Å². The lowest BCUT2D eigenvalue weighted by molar-refractivity contribution is 0.357. The summed E-state index contributed by atoms with van der Waals surface area (Å²) in [5, 5.41) is 0. The van der Waals surface area contributed by atoms with E-state index in [1.54, 1.807) is 0 Å². The van der Waals surface area contributed by atoms with E-state index in [0.29, 0.717) is 17.6 Å². The van der Waals surface area contributed by atoms with Gasteiger partial charge in [0.15, 0.2) is 5.82 Å². The van der Waals surface area contributed by atoms with E-state index < -0.39 is 0 Å². The Bertz CT molecular complexity index is 685. The first kappa shape index (κ1) is 14.3. The zero-order valence-electron chi connectivity index (χ0n) is 12.2. The van der Waals surface area contributed by atoms with Crippen LogP contribution in [0.4, 0.5) is 5.82 Å². The summed E-state index contributed by atoms with van der Waals surface area (Å²) < 4.78 is 6.35. The van der Waals surface area contributed by atoms with Crippen molar-refractivity contribution in [1.82, 2.24) is 9.97 Å². The fourth-order valence-electron chi connectivity index (χ4n) is 2.49. The minimum atomic E-state index is 0.493. The van der Waals surface area contributed by atoms with Gasteiger partial charge in [-0.15, -0.1) is 0 Å². The lowest BCUT2D eigenvalue weighted by atomic mass is 10.1. The van der Waals surface area contributed by atoms with Crippen LogP contribution >= 0.6 is 15.9 Å². The highest BCUT2D eigenvalue weighted by Gasteiger charge is 2.16. The highest BCUT2D eigenvalue weighted by Crippen LogP contribution is 2.31. The Morgan fingerprint density at radius 1 is 1.33 bits per heavy atom. The number of benzene rings is 1. The third-order valence-electron chi connectivity index (χ3n) is 3.49. The molecule has 2 aromatic rings. The van der Waals surface area contributed by atoms with Gasteiger partial charge < -0.3 is 10.5 Å². The summed E-state index contributed by atoms with van der Waals surface area (Å²) in [6.45, 7) is 5.08. The molecular weight excluding hydrogens is 330 g/mol. The highest BCUT2D eigenvalue weighted by atomic mass is 79.9. The molecule has 0 saturated heterocycles. The molecule has 0 aliphatic carbocycles. The van der Waals surface area contributed by atoms with E-state index in [9.17, 15) is 0 Å². The maximum Gasteiger partial charge on any atom is 0.161 e. The molecule has 4 nitrogen and oxygen atoms in total. The summed E-state index contributed by atoms with van der Waals surface area (Å²) in [4.78, 5) is 9.11. The van der Waals surface area contributed by atoms with Gasteiger partial charge in [0.1, 0.15) is 11.6 Å². The van der Waals surface area contributed by atoms with E-state index in [0.717, 1.165) is 40.9 Å². The van der Waals surface area contributed by atoms with Crippen molar-refractivity contribution in [3.63, 3.8) is 0 Å². The maximum atomic E-state index is 6.02. The van der Waals surface area contributed by atoms with Crippen LogP contribution in [-0.4, -0.2) is 16.6 Å². The number of rotatable bonds is 3. The first-order chi connectivity index (χ1) is 10.0. The van der Waals surface area contributed by atoms with Crippen molar-refractivity contribution < 1.29 is 4.74 Å². The molecule has 110 valence electrons. The molecule has 0 fully saturated rings. The number of aromatic nitrogens is 2. The van der Waals surface area contributed by atoms with Gasteiger partial charge in [-0.1, -0.05) is 13.8 Å². The number of nitrogens with zero attached hydrogens (tertiary/aromatic N) is 2. The lowest BCUT2D eigenvalue weighted by Gasteiger charge is -2.11. The Kier molecular flexibility index (Phi) is 3.85. The number of nitrogen functional groups attached to an aromatic ring is 1. The van der Waals surface area contributed by atoms with Gasteiger partial charge >= 0.3 is 0 Å². The normalized spacial score (nSPS) is 13.3. The van der Waals surface area contributed by atoms with Gasteiger partial charge in [0, 0.05) is 12.0 Å². The second-order valence-corrected chi connectivity index (χ2v) is 6.51. The zero-order chi connectivity index (χ0) is 15.0. The average Bonchev–Trinajstić information content (AvgIpc) is 2.90. The third-order valence-corrected chi connectivity index (χ3v) is 4.36. The smallest absolute Gasteiger partial charge is 0.161 e. The van der Waals surface area contributed by atoms with Crippen LogP contribution in [0, 0.1) is 5.92 Å². The van der Waals surface area contributed by atoms with E-state index in [4.69, 9.17) is 15.5 Å². The SMILES string of the molecule is CC(C)Cc1nc(-c2ccc3c(c2)CCO3)nc(N)c1Br. The van der Waals surface area contributed by atoms with E-state index in [1.165, 1.54) is 5.56 Å². The molecule has 1 aromatic carbocycles. The Balaban J connectivity index is 2.04. The average molecular weight is 348 g/mol. The number of fused-ring (bicyclic) bond motifs is 1. The molecule has 0 atom stereocenters. The van der Waals surface area contributed by atoms with Gasteiger partial charge in [0.2, 0.25) is 0 Å². The molecule has 0 bridgehead atoms. The van der Waals surface area contributed by atoms with Crippen LogP contribution in [0.15, 0.2) is 22.7 Å². The van der Waals surface area contributed by atoms with Crippen molar-refractivity contribution in [2.75, 3.05) is 12.3 Å². The summed E-state index contributed by atoms with van der Waals surface area (Å²) in [7, 11) is 0. The van der Waals surface area contributed by atoms with Gasteiger partial charge in [-0.3, -0.25) is 0 Å². The maximum absolute atomic E-state index is 6.02. The van der Waals surface area contributed by atoms with Crippen LogP contribution in [0.1, 0.15) is 25.1 Å². The Labute approximate surface area is 132 Å². The molecule has 0 amide bonds. The standard InChI is InChI=1S/C16H18BrN3O/c1-9(2)7-12-14(17)15(18)20-16(19-12)11-3-4-13-10(8-11)5-6-21-13/h3-4,8-9H,5-7H2,1-2H3,(H2,18,19,20). The van der Waals surface area contributed by atoms with E-state index in [-0.39, 0.29) is 0 Å². The van der Waals surface area contributed by atoms with Crippen LogP contribution in [0.25, 0.3) is 11.4 Å². The van der Waals surface area contributed by atoms with E-state index >= 15 is 0 Å². The minimum absolute atomic E-state index is 0.493. The first-order valence-electron chi connectivity index (χ1n) is 7.12. The summed E-state index contributed by atoms with van der Waals surface area (Å²) in [6, 6.07) is 6.08. The van der Waals surface area contributed by atoms with Gasteiger partial charge in [-0.25, -0.2) is 9.97 Å². The van der Waals surface area contributed by atoms with Crippen molar-refractivity contribution >= 4 is 21.7 Å². The Morgan fingerprint density at radius 2 is 2.14 bits per heavy atom. The van der Waals surface area contributed by atoms with Gasteiger partial charge in [-0.2, -0.15) is 0 Å². The van der Waals surface area contributed by atoms with Crippen molar-refractivity contribution in [1.29, 1.82) is 0 Å². The fourth-order valence-corrected chi connectivity index (χ4v) is 2.83. The van der Waals surface area contributed by atoms with Crippen LogP contribution in [-0.2, 0) is 12.8 Å². The van der Waals surface area contributed by atoms with E-state index in [1.807, 2.05) is 12.1 Å². The molecule has 3 rings (SSSR count). The Hall–Kier alpha value is -1.62. The number of hydrogen-bond donors (Lipinski definition) is 1. The molecule has 2 heterocycles. The molecule has 2 N–H and O–H groups in total. The van der Waals surface area contributed by atoms with Crippen LogP contribution in [0.3, 0.4) is 0 Å². The predicted molar refractivity (Wildman–Crippen MR) is 87.3 cm³/mol. The molecule has 5 heteroatoms. The molecule has 1 aliphatic rings. The molecular formula is C16H18BrN3O. The first-order valence-corrected chi connectivity index (χ1v) is 7.92. The largest absolute Gasteiger partial charge is 0.493 e. The summed E-state index contributed by atoms with van der Waals surface area (Å²) in [5.74, 6) is 2.65. The number of anilines is 1. The minimum Gasteiger partial charge on any atom is -0.493 e. The van der Waals surface area contributed by atoms with Gasteiger partial charge in [0.05, 0.1) is 16.8 Å². The van der Waals surface area contributed by atoms with Gasteiger partial charge in [-0.05, 0) is 52.0 Å². The molecule has 0 radical (unpaired) electrons. The molecule has 0 spiro atoms. The second-order valence-electron chi connectivity index (χ2n) is 5.71. The zero-order valence-corrected chi connectivity index (χ0v) is 13.8. The van der Waals surface area contributed by atoms with Crippen LogP contribution < -0.4 is 10.5 Å². The molecule has 0 unspecified atom stereocenters. The second kappa shape index (κ2) is 5.64.